The Labute approximate surface area is 174 Å². The van der Waals surface area contributed by atoms with E-state index in [0.29, 0.717) is 29.7 Å². The molecule has 0 aliphatic rings. The van der Waals surface area contributed by atoms with Gasteiger partial charge in [0.25, 0.3) is 0 Å². The number of esters is 1. The van der Waals surface area contributed by atoms with E-state index in [-0.39, 0.29) is 17.5 Å². The van der Waals surface area contributed by atoms with E-state index in [9.17, 15) is 4.79 Å². The number of nitrogens with zero attached hydrogens (tertiary/aromatic N) is 3. The van der Waals surface area contributed by atoms with Crippen LogP contribution in [-0.4, -0.2) is 33.2 Å². The van der Waals surface area contributed by atoms with Crippen LogP contribution >= 0.6 is 0 Å². The Morgan fingerprint density at radius 3 is 2.37 bits per heavy atom. The van der Waals surface area contributed by atoms with E-state index in [0.717, 1.165) is 17.0 Å². The number of benzene rings is 2. The Bertz CT molecular complexity index is 1210. The van der Waals surface area contributed by atoms with Crippen LogP contribution in [0.15, 0.2) is 48.5 Å². The average Bonchev–Trinajstić information content (AvgIpc) is 3.03. The predicted octanol–water partition coefficient (Wildman–Crippen LogP) is 4.51. The molecular formula is C23H24N4O3. The third-order valence-corrected chi connectivity index (χ3v) is 4.99. The minimum Gasteiger partial charge on any atom is -0.494 e. The van der Waals surface area contributed by atoms with Crippen molar-refractivity contribution in [3.63, 3.8) is 0 Å². The molecule has 0 spiro atoms. The van der Waals surface area contributed by atoms with Crippen LogP contribution in [-0.2, 0) is 4.74 Å². The summed E-state index contributed by atoms with van der Waals surface area (Å²) in [5.74, 6) is 0.503. The summed E-state index contributed by atoms with van der Waals surface area (Å²) in [5, 5.41) is 0. The molecule has 7 nitrogen and oxygen atoms in total. The summed E-state index contributed by atoms with van der Waals surface area (Å²) in [4.78, 5) is 22.4. The van der Waals surface area contributed by atoms with Gasteiger partial charge in [-0.1, -0.05) is 19.1 Å². The van der Waals surface area contributed by atoms with Crippen LogP contribution in [0, 0.1) is 0 Å². The molecule has 2 aromatic heterocycles. The number of nitrogens with two attached hydrogens (primary N) is 1. The molecule has 154 valence electrons. The highest BCUT2D eigenvalue weighted by atomic mass is 16.5. The van der Waals surface area contributed by atoms with Gasteiger partial charge in [-0.3, -0.25) is 4.57 Å². The standard InChI is InChI=1S/C23H24N4O3/c1-4-14(3)30-23(28)19-20-22(26-18-9-7-6-8-17(18)25-20)27(21(19)24)15-10-12-16(13-11-15)29-5-2/h6-14H,4-5,24H2,1-3H3. The summed E-state index contributed by atoms with van der Waals surface area (Å²) in [7, 11) is 0. The molecule has 0 aliphatic heterocycles. The molecule has 0 saturated carbocycles. The second-order valence-corrected chi connectivity index (χ2v) is 7.03. The maximum Gasteiger partial charge on any atom is 0.344 e. The SMILES string of the molecule is CCOc1ccc(-n2c(N)c(C(=O)OC(C)CC)c3nc4ccccc4nc32)cc1. The van der Waals surface area contributed by atoms with Crippen molar-refractivity contribution in [2.45, 2.75) is 33.3 Å². The minimum absolute atomic E-state index is 0.228. The number of hydrogen-bond acceptors (Lipinski definition) is 6. The first-order valence-corrected chi connectivity index (χ1v) is 10.0. The smallest absolute Gasteiger partial charge is 0.344 e. The fourth-order valence-electron chi connectivity index (χ4n) is 3.31. The molecule has 1 unspecified atom stereocenters. The van der Waals surface area contributed by atoms with Crippen molar-refractivity contribution in [2.75, 3.05) is 12.3 Å². The van der Waals surface area contributed by atoms with Crippen molar-refractivity contribution in [3.8, 4) is 11.4 Å². The van der Waals surface area contributed by atoms with Gasteiger partial charge >= 0.3 is 5.97 Å². The molecule has 1 atom stereocenters. The number of rotatable bonds is 6. The Morgan fingerprint density at radius 2 is 1.73 bits per heavy atom. The van der Waals surface area contributed by atoms with Crippen LogP contribution in [0.25, 0.3) is 27.9 Å². The number of anilines is 1. The van der Waals surface area contributed by atoms with Gasteiger partial charge in [-0.2, -0.15) is 0 Å². The number of carbonyl (C=O) groups is 1. The lowest BCUT2D eigenvalue weighted by molar-refractivity contribution is 0.0338. The molecule has 4 rings (SSSR count). The van der Waals surface area contributed by atoms with E-state index in [2.05, 4.69) is 0 Å². The van der Waals surface area contributed by atoms with E-state index in [4.69, 9.17) is 25.2 Å². The van der Waals surface area contributed by atoms with Gasteiger partial charge in [0.15, 0.2) is 5.65 Å². The van der Waals surface area contributed by atoms with Crippen LogP contribution in [0.1, 0.15) is 37.6 Å². The molecular weight excluding hydrogens is 380 g/mol. The van der Waals surface area contributed by atoms with E-state index < -0.39 is 5.97 Å². The summed E-state index contributed by atoms with van der Waals surface area (Å²) in [6.07, 6.45) is 0.479. The average molecular weight is 404 g/mol. The summed E-state index contributed by atoms with van der Waals surface area (Å²) >= 11 is 0. The van der Waals surface area contributed by atoms with E-state index in [1.54, 1.807) is 4.57 Å². The fraction of sp³-hybridized carbons (Fsp3) is 0.261. The first kappa shape index (κ1) is 19.7. The molecule has 4 aromatic rings. The lowest BCUT2D eigenvalue weighted by Gasteiger charge is -2.11. The summed E-state index contributed by atoms with van der Waals surface area (Å²) in [5.41, 5.74) is 9.80. The van der Waals surface area contributed by atoms with Gasteiger partial charge in [0.05, 0.1) is 23.7 Å². The molecule has 0 saturated heterocycles. The zero-order valence-corrected chi connectivity index (χ0v) is 17.3. The van der Waals surface area contributed by atoms with Gasteiger partial charge < -0.3 is 15.2 Å². The first-order valence-electron chi connectivity index (χ1n) is 10.0. The van der Waals surface area contributed by atoms with Crippen molar-refractivity contribution in [2.24, 2.45) is 0 Å². The highest BCUT2D eigenvalue weighted by Gasteiger charge is 2.26. The first-order chi connectivity index (χ1) is 14.5. The largest absolute Gasteiger partial charge is 0.494 e. The highest BCUT2D eigenvalue weighted by Crippen LogP contribution is 2.32. The number of hydrogen-bond donors (Lipinski definition) is 1. The van der Waals surface area contributed by atoms with E-state index in [1.807, 2.05) is 69.3 Å². The monoisotopic (exact) mass is 404 g/mol. The molecule has 0 bridgehead atoms. The lowest BCUT2D eigenvalue weighted by Crippen LogP contribution is -2.15. The van der Waals surface area contributed by atoms with Crippen molar-refractivity contribution in [1.29, 1.82) is 0 Å². The molecule has 0 radical (unpaired) electrons. The third-order valence-electron chi connectivity index (χ3n) is 4.99. The lowest BCUT2D eigenvalue weighted by atomic mass is 10.2. The molecule has 0 fully saturated rings. The van der Waals surface area contributed by atoms with Crippen LogP contribution in [0.3, 0.4) is 0 Å². The normalized spacial score (nSPS) is 12.2. The van der Waals surface area contributed by atoms with E-state index in [1.165, 1.54) is 0 Å². The third kappa shape index (κ3) is 3.43. The maximum atomic E-state index is 13.0. The zero-order chi connectivity index (χ0) is 21.3. The number of nitrogen functional groups attached to an aromatic ring is 1. The van der Waals surface area contributed by atoms with Crippen LogP contribution in [0.2, 0.25) is 0 Å². The topological polar surface area (TPSA) is 92.3 Å². The Balaban J connectivity index is 1.95. The highest BCUT2D eigenvalue weighted by molar-refractivity contribution is 6.09. The predicted molar refractivity (Wildman–Crippen MR) is 117 cm³/mol. The Morgan fingerprint density at radius 1 is 1.07 bits per heavy atom. The summed E-state index contributed by atoms with van der Waals surface area (Å²) in [6, 6.07) is 15.0. The number of aromatic nitrogens is 3. The molecule has 2 aromatic carbocycles. The summed E-state index contributed by atoms with van der Waals surface area (Å²) in [6.45, 7) is 6.32. The maximum absolute atomic E-state index is 13.0. The van der Waals surface area contributed by atoms with Gasteiger partial charge in [0, 0.05) is 5.69 Å². The van der Waals surface area contributed by atoms with Gasteiger partial charge in [-0.25, -0.2) is 14.8 Å². The number of fused-ring (bicyclic) bond motifs is 2. The molecule has 30 heavy (non-hydrogen) atoms. The second kappa shape index (κ2) is 8.02. The molecule has 2 N–H and O–H groups in total. The van der Waals surface area contributed by atoms with Crippen molar-refractivity contribution < 1.29 is 14.3 Å². The minimum atomic E-state index is -0.499. The molecule has 0 amide bonds. The van der Waals surface area contributed by atoms with Crippen LogP contribution in [0.5, 0.6) is 5.75 Å². The number of para-hydroxylation sites is 2. The van der Waals surface area contributed by atoms with Crippen LogP contribution < -0.4 is 10.5 Å². The van der Waals surface area contributed by atoms with Crippen molar-refractivity contribution in [3.05, 3.63) is 54.1 Å². The number of ether oxygens (including phenoxy) is 2. The summed E-state index contributed by atoms with van der Waals surface area (Å²) < 4.78 is 12.8. The van der Waals surface area contributed by atoms with E-state index >= 15 is 0 Å². The van der Waals surface area contributed by atoms with Crippen molar-refractivity contribution in [1.82, 2.24) is 14.5 Å². The fourth-order valence-corrected chi connectivity index (χ4v) is 3.31. The number of carbonyl (C=O) groups excluding carboxylic acids is 1. The van der Waals surface area contributed by atoms with Gasteiger partial charge in [-0.15, -0.1) is 0 Å². The van der Waals surface area contributed by atoms with Crippen LogP contribution in [0.4, 0.5) is 5.82 Å². The van der Waals surface area contributed by atoms with Gasteiger partial charge in [0.2, 0.25) is 0 Å². The quantitative estimate of drug-likeness (QED) is 0.475. The van der Waals surface area contributed by atoms with Crippen molar-refractivity contribution >= 4 is 34.0 Å². The Kier molecular flexibility index (Phi) is 5.27. The molecule has 2 heterocycles. The van der Waals surface area contributed by atoms with Gasteiger partial charge in [0.1, 0.15) is 22.6 Å². The molecule has 0 aliphatic carbocycles. The zero-order valence-electron chi connectivity index (χ0n) is 17.3. The molecule has 7 heteroatoms. The Hall–Kier alpha value is -3.61. The van der Waals surface area contributed by atoms with Gasteiger partial charge in [-0.05, 0) is 56.7 Å². The second-order valence-electron chi connectivity index (χ2n) is 7.03.